The van der Waals surface area contributed by atoms with Crippen molar-refractivity contribution in [2.24, 2.45) is 0 Å². The number of halogens is 1. The molecule has 0 radical (unpaired) electrons. The van der Waals surface area contributed by atoms with Crippen LogP contribution in [0, 0.1) is 26.0 Å². The van der Waals surface area contributed by atoms with Crippen LogP contribution in [0.15, 0.2) is 64.6 Å². The van der Waals surface area contributed by atoms with Crippen molar-refractivity contribution in [3.8, 4) is 11.3 Å². The quantitative estimate of drug-likeness (QED) is 0.258. The lowest BCUT2D eigenvalue weighted by Gasteiger charge is -2.26. The summed E-state index contributed by atoms with van der Waals surface area (Å²) in [4.78, 5) is 58.6. The van der Waals surface area contributed by atoms with Gasteiger partial charge in [0.1, 0.15) is 22.9 Å². The van der Waals surface area contributed by atoms with Gasteiger partial charge in [-0.2, -0.15) is 0 Å². The minimum atomic E-state index is -1.03. The summed E-state index contributed by atoms with van der Waals surface area (Å²) in [7, 11) is 0. The largest absolute Gasteiger partial charge is 0.456 e. The number of nitro groups is 2. The molecule has 1 fully saturated rings. The van der Waals surface area contributed by atoms with Crippen LogP contribution in [0.2, 0.25) is 0 Å². The molecule has 170 valence electrons. The highest BCUT2D eigenvalue weighted by atomic mass is 19.1. The first kappa shape index (κ1) is 22.0. The second kappa shape index (κ2) is 8.38. The Hall–Kier alpha value is -5.20. The summed E-state index contributed by atoms with van der Waals surface area (Å²) in [6, 6.07) is 9.00. The molecule has 1 aliphatic heterocycles. The summed E-state index contributed by atoms with van der Waals surface area (Å²) in [6.45, 7) is 0. The van der Waals surface area contributed by atoms with Crippen LogP contribution < -0.4 is 10.2 Å². The first-order valence-corrected chi connectivity index (χ1v) is 9.36. The number of urea groups is 1. The number of furan rings is 1. The number of nitrogens with one attached hydrogen (secondary N) is 1. The molecule has 1 saturated heterocycles. The second-order valence-electron chi connectivity index (χ2n) is 6.85. The summed E-state index contributed by atoms with van der Waals surface area (Å²) in [6.07, 6.45) is 1.03. The van der Waals surface area contributed by atoms with E-state index in [1.54, 1.807) is 0 Å². The van der Waals surface area contributed by atoms with Crippen LogP contribution in [-0.2, 0) is 9.59 Å². The van der Waals surface area contributed by atoms with Gasteiger partial charge in [0.2, 0.25) is 0 Å². The molecule has 4 rings (SSSR count). The van der Waals surface area contributed by atoms with Crippen LogP contribution in [0.25, 0.3) is 17.4 Å². The van der Waals surface area contributed by atoms with E-state index >= 15 is 0 Å². The Balaban J connectivity index is 1.70. The van der Waals surface area contributed by atoms with E-state index in [9.17, 15) is 39.0 Å². The average Bonchev–Trinajstić information content (AvgIpc) is 3.26. The van der Waals surface area contributed by atoms with E-state index in [4.69, 9.17) is 4.42 Å². The SMILES string of the molecule is O=C1NC(=O)N(c2ccc(F)cc2)C(=O)/C1=C/c1ccc(-c2ccc([N+](=O)[O-])cc2[N+](=O)[O-])o1. The van der Waals surface area contributed by atoms with Gasteiger partial charge in [-0.15, -0.1) is 0 Å². The number of non-ortho nitro benzene ring substituents is 1. The number of rotatable bonds is 5. The zero-order valence-corrected chi connectivity index (χ0v) is 16.8. The van der Waals surface area contributed by atoms with Crippen molar-refractivity contribution in [2.75, 3.05) is 4.90 Å². The normalized spacial score (nSPS) is 14.9. The molecule has 2 aromatic carbocycles. The monoisotopic (exact) mass is 466 g/mol. The van der Waals surface area contributed by atoms with E-state index in [0.29, 0.717) is 4.90 Å². The smallest absolute Gasteiger partial charge is 0.335 e. The van der Waals surface area contributed by atoms with Crippen LogP contribution in [0.1, 0.15) is 5.76 Å². The lowest BCUT2D eigenvalue weighted by molar-refractivity contribution is -0.393. The first-order valence-electron chi connectivity index (χ1n) is 9.36. The molecular weight excluding hydrogens is 455 g/mol. The molecule has 0 unspecified atom stereocenters. The minimum absolute atomic E-state index is 0.0175. The van der Waals surface area contributed by atoms with Gasteiger partial charge < -0.3 is 4.42 Å². The molecular formula is C21H11FN4O8. The number of imide groups is 2. The maximum Gasteiger partial charge on any atom is 0.335 e. The van der Waals surface area contributed by atoms with Gasteiger partial charge in [0.05, 0.1) is 27.2 Å². The van der Waals surface area contributed by atoms with E-state index in [2.05, 4.69) is 0 Å². The molecule has 34 heavy (non-hydrogen) atoms. The maximum atomic E-state index is 13.2. The minimum Gasteiger partial charge on any atom is -0.456 e. The molecule has 0 atom stereocenters. The number of carbonyl (C=O) groups excluding carboxylic acids is 3. The molecule has 0 bridgehead atoms. The molecule has 3 aromatic rings. The number of barbiturate groups is 1. The Bertz CT molecular complexity index is 1410. The molecule has 0 aliphatic carbocycles. The van der Waals surface area contributed by atoms with Crippen molar-refractivity contribution in [2.45, 2.75) is 0 Å². The maximum absolute atomic E-state index is 13.2. The van der Waals surface area contributed by atoms with Crippen molar-refractivity contribution in [1.29, 1.82) is 0 Å². The van der Waals surface area contributed by atoms with Crippen molar-refractivity contribution in [3.63, 3.8) is 0 Å². The number of nitro benzene ring substituents is 2. The number of hydrogen-bond donors (Lipinski definition) is 1. The highest BCUT2D eigenvalue weighted by molar-refractivity contribution is 6.39. The van der Waals surface area contributed by atoms with E-state index in [1.807, 2.05) is 5.32 Å². The van der Waals surface area contributed by atoms with Crippen LogP contribution in [0.5, 0.6) is 0 Å². The fraction of sp³-hybridized carbons (Fsp3) is 0. The highest BCUT2D eigenvalue weighted by Gasteiger charge is 2.37. The summed E-state index contributed by atoms with van der Waals surface area (Å²) < 4.78 is 18.7. The summed E-state index contributed by atoms with van der Waals surface area (Å²) in [5, 5.41) is 24.3. The zero-order valence-electron chi connectivity index (χ0n) is 16.8. The van der Waals surface area contributed by atoms with E-state index < -0.39 is 50.5 Å². The number of anilines is 1. The molecule has 0 spiro atoms. The number of hydrogen-bond acceptors (Lipinski definition) is 8. The van der Waals surface area contributed by atoms with Crippen LogP contribution >= 0.6 is 0 Å². The Morgan fingerprint density at radius 1 is 0.941 bits per heavy atom. The molecule has 1 aliphatic rings. The molecule has 0 saturated carbocycles. The molecule has 1 N–H and O–H groups in total. The molecule has 4 amide bonds. The standard InChI is InChI=1S/C21H11FN4O8/c22-11-1-3-12(4-2-11)24-20(28)16(19(27)23-21(24)29)10-14-6-8-18(34-14)15-7-5-13(25(30)31)9-17(15)26(32)33/h1-10H,(H,23,27,29)/b16-10+. The third-order valence-electron chi connectivity index (χ3n) is 4.75. The Kier molecular flexibility index (Phi) is 5.43. The Morgan fingerprint density at radius 3 is 2.29 bits per heavy atom. The summed E-state index contributed by atoms with van der Waals surface area (Å²) >= 11 is 0. The molecule has 1 aromatic heterocycles. The number of amides is 4. The van der Waals surface area contributed by atoms with Crippen molar-refractivity contribution >= 4 is 41.0 Å². The van der Waals surface area contributed by atoms with Crippen LogP contribution in [0.4, 0.5) is 26.2 Å². The van der Waals surface area contributed by atoms with E-state index in [0.717, 1.165) is 36.4 Å². The van der Waals surface area contributed by atoms with Gasteiger partial charge in [-0.05, 0) is 48.5 Å². The molecule has 12 nitrogen and oxygen atoms in total. The number of nitrogens with zero attached hydrogens (tertiary/aromatic N) is 3. The van der Waals surface area contributed by atoms with E-state index in [1.165, 1.54) is 24.3 Å². The zero-order chi connectivity index (χ0) is 24.6. The van der Waals surface area contributed by atoms with Crippen molar-refractivity contribution in [1.82, 2.24) is 5.32 Å². The Morgan fingerprint density at radius 2 is 1.65 bits per heavy atom. The van der Waals surface area contributed by atoms with Crippen molar-refractivity contribution in [3.05, 3.63) is 92.0 Å². The van der Waals surface area contributed by atoms with Crippen molar-refractivity contribution < 1.29 is 33.0 Å². The van der Waals surface area contributed by atoms with Gasteiger partial charge in [0.25, 0.3) is 23.2 Å². The second-order valence-corrected chi connectivity index (χ2v) is 6.85. The summed E-state index contributed by atoms with van der Waals surface area (Å²) in [5.41, 5.74) is -1.60. The Labute approximate surface area is 188 Å². The van der Waals surface area contributed by atoms with E-state index in [-0.39, 0.29) is 22.8 Å². The van der Waals surface area contributed by atoms with Crippen LogP contribution in [-0.4, -0.2) is 27.7 Å². The number of benzene rings is 2. The number of carbonyl (C=O) groups is 3. The van der Waals surface area contributed by atoms with Gasteiger partial charge in [-0.25, -0.2) is 14.1 Å². The predicted molar refractivity (Wildman–Crippen MR) is 113 cm³/mol. The fourth-order valence-electron chi connectivity index (χ4n) is 3.19. The molecule has 2 heterocycles. The average molecular weight is 466 g/mol. The van der Waals surface area contributed by atoms with Gasteiger partial charge >= 0.3 is 6.03 Å². The molecule has 13 heteroatoms. The predicted octanol–water partition coefficient (Wildman–Crippen LogP) is 3.57. The van der Waals surface area contributed by atoms with Gasteiger partial charge in [-0.3, -0.25) is 35.1 Å². The fourth-order valence-corrected chi connectivity index (χ4v) is 3.19. The first-order chi connectivity index (χ1) is 16.2. The summed E-state index contributed by atoms with van der Waals surface area (Å²) in [5.74, 6) is -2.71. The lowest BCUT2D eigenvalue weighted by Crippen LogP contribution is -2.54. The highest BCUT2D eigenvalue weighted by Crippen LogP contribution is 2.34. The van der Waals surface area contributed by atoms with Gasteiger partial charge in [0, 0.05) is 6.07 Å². The van der Waals surface area contributed by atoms with Gasteiger partial charge in [-0.1, -0.05) is 0 Å². The lowest BCUT2D eigenvalue weighted by atomic mass is 10.1. The third-order valence-corrected chi connectivity index (χ3v) is 4.75. The van der Waals surface area contributed by atoms with Gasteiger partial charge in [0.15, 0.2) is 0 Å². The third kappa shape index (κ3) is 4.00. The van der Waals surface area contributed by atoms with Crippen LogP contribution in [0.3, 0.4) is 0 Å². The topological polar surface area (TPSA) is 166 Å².